The lowest BCUT2D eigenvalue weighted by molar-refractivity contribution is 0.618. The molecule has 5 rings (SSSR count). The molecule has 0 unspecified atom stereocenters. The summed E-state index contributed by atoms with van der Waals surface area (Å²) < 4.78 is 7.22. The van der Waals surface area contributed by atoms with E-state index >= 15 is 0 Å². The molecule has 0 aliphatic heterocycles. The zero-order valence-corrected chi connectivity index (χ0v) is 15.7. The summed E-state index contributed by atoms with van der Waals surface area (Å²) in [5.41, 5.74) is 2.68. The van der Waals surface area contributed by atoms with E-state index in [4.69, 9.17) is 21.0 Å². The fourth-order valence-corrected chi connectivity index (χ4v) is 4.01. The van der Waals surface area contributed by atoms with E-state index in [9.17, 15) is 0 Å². The summed E-state index contributed by atoms with van der Waals surface area (Å²) in [6, 6.07) is 25.5. The Morgan fingerprint density at radius 3 is 2.56 bits per heavy atom. The van der Waals surface area contributed by atoms with Crippen molar-refractivity contribution in [2.75, 3.05) is 0 Å². The first-order valence-corrected chi connectivity index (χ1v) is 9.65. The van der Waals surface area contributed by atoms with E-state index in [2.05, 4.69) is 11.1 Å². The molecule has 0 N–H and O–H groups in total. The number of hydrogen-bond acceptors (Lipinski definition) is 4. The van der Waals surface area contributed by atoms with Crippen molar-refractivity contribution < 1.29 is 4.42 Å². The van der Waals surface area contributed by atoms with Crippen molar-refractivity contribution >= 4 is 49.3 Å². The zero-order valence-electron chi connectivity index (χ0n) is 14.1. The summed E-state index contributed by atoms with van der Waals surface area (Å²) in [6.45, 7) is 0. The standard InChI is InChI=1S/C22H13ClN2OS/c23-15-10-11-19-16(12-15)18(13-20(26-19)14-6-2-1-3-7-14)25-22-24-17-8-4-5-9-21(17)27-22/h1-13H. The molecular formula is C22H13ClN2OS. The third kappa shape index (κ3) is 3.14. The van der Waals surface area contributed by atoms with Crippen LogP contribution in [0.3, 0.4) is 0 Å². The van der Waals surface area contributed by atoms with Crippen molar-refractivity contribution in [2.24, 2.45) is 4.99 Å². The Balaban J connectivity index is 1.79. The van der Waals surface area contributed by atoms with Crippen molar-refractivity contribution in [1.82, 2.24) is 4.98 Å². The van der Waals surface area contributed by atoms with Gasteiger partial charge in [-0.15, -0.1) is 0 Å². The number of fused-ring (bicyclic) bond motifs is 2. The van der Waals surface area contributed by atoms with Crippen LogP contribution in [0.5, 0.6) is 0 Å². The molecule has 130 valence electrons. The number of benzene rings is 3. The summed E-state index contributed by atoms with van der Waals surface area (Å²) in [4.78, 5) is 9.45. The van der Waals surface area contributed by atoms with E-state index < -0.39 is 0 Å². The molecule has 5 aromatic rings. The van der Waals surface area contributed by atoms with Crippen molar-refractivity contribution in [2.45, 2.75) is 0 Å². The van der Waals surface area contributed by atoms with Crippen LogP contribution in [-0.4, -0.2) is 4.98 Å². The van der Waals surface area contributed by atoms with E-state index in [1.165, 1.54) is 0 Å². The van der Waals surface area contributed by atoms with Crippen molar-refractivity contribution in [3.63, 3.8) is 0 Å². The average molecular weight is 389 g/mol. The first-order chi connectivity index (χ1) is 13.3. The van der Waals surface area contributed by atoms with Gasteiger partial charge >= 0.3 is 0 Å². The summed E-state index contributed by atoms with van der Waals surface area (Å²) in [6.07, 6.45) is 0. The van der Waals surface area contributed by atoms with Crippen molar-refractivity contribution in [3.8, 4) is 11.3 Å². The van der Waals surface area contributed by atoms with E-state index in [0.29, 0.717) is 10.2 Å². The third-order valence-corrected chi connectivity index (χ3v) is 5.43. The second-order valence-electron chi connectivity index (χ2n) is 6.08. The van der Waals surface area contributed by atoms with Crippen LogP contribution in [0.4, 0.5) is 5.13 Å². The number of aromatic nitrogens is 1. The summed E-state index contributed by atoms with van der Waals surface area (Å²) >= 11 is 7.78. The second kappa shape index (κ2) is 6.65. The molecule has 0 saturated carbocycles. The van der Waals surface area contributed by atoms with Gasteiger partial charge in [0.05, 0.1) is 15.6 Å². The van der Waals surface area contributed by atoms with Crippen LogP contribution < -0.4 is 5.36 Å². The summed E-state index contributed by atoms with van der Waals surface area (Å²) in [7, 11) is 0. The molecule has 0 aliphatic rings. The topological polar surface area (TPSA) is 38.4 Å². The second-order valence-corrected chi connectivity index (χ2v) is 7.52. The molecular weight excluding hydrogens is 376 g/mol. The van der Waals surface area contributed by atoms with E-state index in [0.717, 1.165) is 37.9 Å². The molecule has 3 aromatic carbocycles. The van der Waals surface area contributed by atoms with Gasteiger partial charge in [-0.1, -0.05) is 65.4 Å². The van der Waals surface area contributed by atoms with Gasteiger partial charge in [-0.05, 0) is 30.3 Å². The number of nitrogens with zero attached hydrogens (tertiary/aromatic N) is 2. The van der Waals surface area contributed by atoms with Gasteiger partial charge < -0.3 is 4.42 Å². The quantitative estimate of drug-likeness (QED) is 0.342. The number of hydrogen-bond donors (Lipinski definition) is 0. The van der Waals surface area contributed by atoms with Gasteiger partial charge in [-0.2, -0.15) is 0 Å². The normalized spacial score (nSPS) is 12.1. The fourth-order valence-electron chi connectivity index (χ4n) is 2.99. The SMILES string of the molecule is Clc1ccc2oc(-c3ccccc3)cc(=Nc3nc4ccccc4s3)c2c1. The molecule has 0 fully saturated rings. The molecule has 0 amide bonds. The van der Waals surface area contributed by atoms with Crippen molar-refractivity contribution in [3.05, 3.63) is 89.2 Å². The van der Waals surface area contributed by atoms with Crippen LogP contribution in [0.25, 0.3) is 32.5 Å². The highest BCUT2D eigenvalue weighted by Crippen LogP contribution is 2.28. The highest BCUT2D eigenvalue weighted by Gasteiger charge is 2.08. The molecule has 5 heteroatoms. The van der Waals surface area contributed by atoms with E-state index in [1.54, 1.807) is 11.3 Å². The predicted octanol–water partition coefficient (Wildman–Crippen LogP) is 6.60. The fraction of sp³-hybridized carbons (Fsp3) is 0. The number of thiazole rings is 1. The maximum absolute atomic E-state index is 6.22. The lowest BCUT2D eigenvalue weighted by Gasteiger charge is -2.05. The molecule has 27 heavy (non-hydrogen) atoms. The zero-order chi connectivity index (χ0) is 18.2. The van der Waals surface area contributed by atoms with E-state index in [-0.39, 0.29) is 0 Å². The van der Waals surface area contributed by atoms with Gasteiger partial charge in [0, 0.05) is 22.0 Å². The predicted molar refractivity (Wildman–Crippen MR) is 112 cm³/mol. The number of para-hydroxylation sites is 1. The van der Waals surface area contributed by atoms with Gasteiger partial charge in [-0.25, -0.2) is 9.98 Å². The van der Waals surface area contributed by atoms with E-state index in [1.807, 2.05) is 72.8 Å². The monoisotopic (exact) mass is 388 g/mol. The maximum atomic E-state index is 6.22. The minimum absolute atomic E-state index is 0.644. The molecule has 2 heterocycles. The molecule has 0 atom stereocenters. The largest absolute Gasteiger partial charge is 0.456 e. The van der Waals surface area contributed by atoms with Gasteiger partial charge in [0.1, 0.15) is 11.3 Å². The lowest BCUT2D eigenvalue weighted by Crippen LogP contribution is -2.03. The Morgan fingerprint density at radius 2 is 1.70 bits per heavy atom. The van der Waals surface area contributed by atoms with Gasteiger partial charge in [0.15, 0.2) is 0 Å². The van der Waals surface area contributed by atoms with Crippen LogP contribution in [0.15, 0.2) is 88.3 Å². The molecule has 0 radical (unpaired) electrons. The summed E-state index contributed by atoms with van der Waals surface area (Å²) in [5.74, 6) is 0.755. The highest BCUT2D eigenvalue weighted by atomic mass is 35.5. The molecule has 0 saturated heterocycles. The smallest absolute Gasteiger partial charge is 0.210 e. The highest BCUT2D eigenvalue weighted by molar-refractivity contribution is 7.21. The maximum Gasteiger partial charge on any atom is 0.210 e. The Bertz CT molecular complexity index is 1310. The Morgan fingerprint density at radius 1 is 0.889 bits per heavy atom. The Hall–Kier alpha value is -2.95. The van der Waals surface area contributed by atoms with Gasteiger partial charge in [0.25, 0.3) is 0 Å². The summed E-state index contributed by atoms with van der Waals surface area (Å²) in [5, 5.41) is 3.01. The van der Waals surface area contributed by atoms with Crippen molar-refractivity contribution in [1.29, 1.82) is 0 Å². The molecule has 2 aromatic heterocycles. The average Bonchev–Trinajstić information content (AvgIpc) is 3.11. The molecule has 0 bridgehead atoms. The molecule has 3 nitrogen and oxygen atoms in total. The Kier molecular flexibility index (Phi) is 4.00. The minimum Gasteiger partial charge on any atom is -0.456 e. The minimum atomic E-state index is 0.644. The van der Waals surface area contributed by atoms with Crippen LogP contribution in [0, 0.1) is 0 Å². The van der Waals surface area contributed by atoms with Crippen LogP contribution in [-0.2, 0) is 0 Å². The molecule has 0 spiro atoms. The van der Waals surface area contributed by atoms with Crippen LogP contribution in [0.2, 0.25) is 5.02 Å². The lowest BCUT2D eigenvalue weighted by atomic mass is 10.1. The van der Waals surface area contributed by atoms with Gasteiger partial charge in [-0.3, -0.25) is 0 Å². The molecule has 0 aliphatic carbocycles. The van der Waals surface area contributed by atoms with Gasteiger partial charge in [0.2, 0.25) is 5.13 Å². The first-order valence-electron chi connectivity index (χ1n) is 8.45. The Labute approximate surface area is 164 Å². The van der Waals surface area contributed by atoms with Crippen LogP contribution in [0.1, 0.15) is 0 Å². The van der Waals surface area contributed by atoms with Crippen LogP contribution >= 0.6 is 22.9 Å². The number of halogens is 1. The first kappa shape index (κ1) is 16.2. The number of rotatable bonds is 2. The third-order valence-electron chi connectivity index (χ3n) is 4.26.